The molecule has 0 aliphatic heterocycles. The quantitative estimate of drug-likeness (QED) is 0.512. The summed E-state index contributed by atoms with van der Waals surface area (Å²) in [7, 11) is 0. The molecule has 0 bridgehead atoms. The Balaban J connectivity index is 3.18. The molecule has 2 nitrogen and oxygen atoms in total. The van der Waals surface area contributed by atoms with Gasteiger partial charge in [-0.15, -0.1) is 0 Å². The number of aryl methyl sites for hydroxylation is 1. The number of hydrogen-bond acceptors (Lipinski definition) is 2. The van der Waals surface area contributed by atoms with Gasteiger partial charge in [-0.25, -0.2) is 13.6 Å². The topological polar surface area (TPSA) is 29.4 Å². The maximum absolute atomic E-state index is 12.2. The van der Waals surface area contributed by atoms with Gasteiger partial charge in [-0.05, 0) is 24.6 Å². The number of aliphatic imine (C=N–C) groups is 1. The minimum absolute atomic E-state index is 0.131. The molecule has 13 heavy (non-hydrogen) atoms. The second-order valence-corrected chi connectivity index (χ2v) is 2.61. The molecule has 68 valence electrons. The normalized spacial score (nSPS) is 9.85. The van der Waals surface area contributed by atoms with E-state index >= 15 is 0 Å². The summed E-state index contributed by atoms with van der Waals surface area (Å²) in [6, 6.07) is 4.06. The fourth-order valence-corrected chi connectivity index (χ4v) is 1.04. The van der Waals surface area contributed by atoms with E-state index in [0.717, 1.165) is 0 Å². The first-order valence-electron chi connectivity index (χ1n) is 3.61. The van der Waals surface area contributed by atoms with Crippen LogP contribution in [0.25, 0.3) is 0 Å². The molecule has 4 heteroatoms. The maximum Gasteiger partial charge on any atom is 0.263 e. The number of hydrogen-bond donors (Lipinski definition) is 0. The smallest absolute Gasteiger partial charge is 0.211 e. The Morgan fingerprint density at radius 2 is 2.08 bits per heavy atom. The van der Waals surface area contributed by atoms with Crippen molar-refractivity contribution in [2.75, 3.05) is 0 Å². The Morgan fingerprint density at radius 3 is 2.62 bits per heavy atom. The zero-order valence-electron chi connectivity index (χ0n) is 6.92. The summed E-state index contributed by atoms with van der Waals surface area (Å²) in [5.41, 5.74) is 0.728. The number of isocyanates is 1. The Labute approximate surface area is 73.9 Å². The Hall–Kier alpha value is -1.54. The molecule has 0 spiro atoms. The third-order valence-electron chi connectivity index (χ3n) is 1.51. The van der Waals surface area contributed by atoms with Crippen LogP contribution >= 0.6 is 0 Å². The Morgan fingerprint density at radius 1 is 1.38 bits per heavy atom. The molecule has 0 amide bonds. The maximum atomic E-state index is 12.2. The Bertz CT molecular complexity index is 357. The van der Waals surface area contributed by atoms with Gasteiger partial charge < -0.3 is 0 Å². The summed E-state index contributed by atoms with van der Waals surface area (Å²) >= 11 is 0. The van der Waals surface area contributed by atoms with Gasteiger partial charge in [0.05, 0.1) is 5.69 Å². The number of halogens is 2. The van der Waals surface area contributed by atoms with Gasteiger partial charge >= 0.3 is 0 Å². The van der Waals surface area contributed by atoms with Gasteiger partial charge in [0.15, 0.2) is 0 Å². The standard InChI is InChI=1S/C9H7F2NO/c1-6-2-7(9(10)11)4-8(3-6)12-5-13/h2-4,9H,1H3. The van der Waals surface area contributed by atoms with Crippen LogP contribution in [0.5, 0.6) is 0 Å². The molecule has 0 fully saturated rings. The lowest BCUT2D eigenvalue weighted by Crippen LogP contribution is -1.84. The molecule has 0 unspecified atom stereocenters. The fourth-order valence-electron chi connectivity index (χ4n) is 1.04. The van der Waals surface area contributed by atoms with Crippen LogP contribution in [-0.4, -0.2) is 6.08 Å². The van der Waals surface area contributed by atoms with E-state index in [9.17, 15) is 13.6 Å². The lowest BCUT2D eigenvalue weighted by Gasteiger charge is -2.01. The molecule has 1 aromatic rings. The van der Waals surface area contributed by atoms with E-state index in [1.165, 1.54) is 24.3 Å². The van der Waals surface area contributed by atoms with Gasteiger partial charge in [-0.3, -0.25) is 0 Å². The first-order chi connectivity index (χ1) is 6.13. The lowest BCUT2D eigenvalue weighted by atomic mass is 10.1. The van der Waals surface area contributed by atoms with Crippen LogP contribution < -0.4 is 0 Å². The van der Waals surface area contributed by atoms with E-state index in [0.29, 0.717) is 5.56 Å². The molecular formula is C9H7F2NO. The molecule has 1 rings (SSSR count). The molecule has 1 aromatic carbocycles. The minimum Gasteiger partial charge on any atom is -0.211 e. The van der Waals surface area contributed by atoms with Crippen molar-refractivity contribution in [3.05, 3.63) is 29.3 Å². The van der Waals surface area contributed by atoms with Gasteiger partial charge in [-0.2, -0.15) is 4.99 Å². The van der Waals surface area contributed by atoms with E-state index in [2.05, 4.69) is 4.99 Å². The van der Waals surface area contributed by atoms with Crippen molar-refractivity contribution in [3.63, 3.8) is 0 Å². The molecule has 0 aliphatic rings. The van der Waals surface area contributed by atoms with Crippen molar-refractivity contribution in [2.45, 2.75) is 13.3 Å². The highest BCUT2D eigenvalue weighted by atomic mass is 19.3. The van der Waals surface area contributed by atoms with Crippen molar-refractivity contribution in [2.24, 2.45) is 4.99 Å². The zero-order chi connectivity index (χ0) is 9.84. The summed E-state index contributed by atoms with van der Waals surface area (Å²) in [5, 5.41) is 0. The average molecular weight is 183 g/mol. The minimum atomic E-state index is -2.54. The molecule has 0 saturated carbocycles. The van der Waals surface area contributed by atoms with Gasteiger partial charge in [0.1, 0.15) is 0 Å². The predicted octanol–water partition coefficient (Wildman–Crippen LogP) is 2.90. The molecule has 0 radical (unpaired) electrons. The third-order valence-corrected chi connectivity index (χ3v) is 1.51. The first-order valence-corrected chi connectivity index (χ1v) is 3.61. The van der Waals surface area contributed by atoms with Gasteiger partial charge in [-0.1, -0.05) is 6.07 Å². The lowest BCUT2D eigenvalue weighted by molar-refractivity contribution is 0.151. The number of alkyl halides is 2. The van der Waals surface area contributed by atoms with E-state index in [1.807, 2.05) is 0 Å². The monoisotopic (exact) mass is 183 g/mol. The van der Waals surface area contributed by atoms with Gasteiger partial charge in [0, 0.05) is 5.56 Å². The van der Waals surface area contributed by atoms with Crippen LogP contribution in [0.15, 0.2) is 23.2 Å². The Kier molecular flexibility index (Phi) is 2.88. The van der Waals surface area contributed by atoms with Crippen LogP contribution in [0.2, 0.25) is 0 Å². The van der Waals surface area contributed by atoms with E-state index in [-0.39, 0.29) is 11.3 Å². The predicted molar refractivity (Wildman–Crippen MR) is 43.9 cm³/mol. The highest BCUT2D eigenvalue weighted by Crippen LogP contribution is 2.24. The highest BCUT2D eigenvalue weighted by molar-refractivity contribution is 5.51. The summed E-state index contributed by atoms with van der Waals surface area (Å²) in [4.78, 5) is 13.2. The van der Waals surface area contributed by atoms with Crippen molar-refractivity contribution in [1.82, 2.24) is 0 Å². The van der Waals surface area contributed by atoms with E-state index in [4.69, 9.17) is 0 Å². The number of nitrogens with zero attached hydrogens (tertiary/aromatic N) is 1. The molecular weight excluding hydrogens is 176 g/mol. The second-order valence-electron chi connectivity index (χ2n) is 2.61. The molecule has 0 aromatic heterocycles. The van der Waals surface area contributed by atoms with Gasteiger partial charge in [0.25, 0.3) is 6.43 Å². The van der Waals surface area contributed by atoms with Crippen molar-refractivity contribution in [3.8, 4) is 0 Å². The summed E-state index contributed by atoms with van der Waals surface area (Å²) in [6.45, 7) is 1.66. The van der Waals surface area contributed by atoms with Crippen LogP contribution in [0.4, 0.5) is 14.5 Å². The van der Waals surface area contributed by atoms with E-state index in [1.54, 1.807) is 6.92 Å². The first kappa shape index (κ1) is 9.55. The highest BCUT2D eigenvalue weighted by Gasteiger charge is 2.07. The molecule has 0 N–H and O–H groups in total. The molecule has 0 atom stereocenters. The number of benzene rings is 1. The molecule has 0 heterocycles. The molecule has 0 aliphatic carbocycles. The number of rotatable bonds is 2. The summed E-state index contributed by atoms with van der Waals surface area (Å²) in [5.74, 6) is 0. The van der Waals surface area contributed by atoms with Crippen LogP contribution in [0.3, 0.4) is 0 Å². The fraction of sp³-hybridized carbons (Fsp3) is 0.222. The SMILES string of the molecule is Cc1cc(N=C=O)cc(C(F)F)c1. The summed E-state index contributed by atoms with van der Waals surface area (Å²) in [6.07, 6.45) is -1.23. The van der Waals surface area contributed by atoms with Crippen molar-refractivity contribution >= 4 is 11.8 Å². The van der Waals surface area contributed by atoms with Crippen LogP contribution in [0, 0.1) is 6.92 Å². The van der Waals surface area contributed by atoms with Crippen LogP contribution in [0.1, 0.15) is 17.6 Å². The van der Waals surface area contributed by atoms with Gasteiger partial charge in [0.2, 0.25) is 6.08 Å². The zero-order valence-corrected chi connectivity index (χ0v) is 6.92. The average Bonchev–Trinajstić information content (AvgIpc) is 2.03. The summed E-state index contributed by atoms with van der Waals surface area (Å²) < 4.78 is 24.5. The van der Waals surface area contributed by atoms with Crippen molar-refractivity contribution < 1.29 is 13.6 Å². The largest absolute Gasteiger partial charge is 0.263 e. The third kappa shape index (κ3) is 2.46. The number of carbonyl (C=O) groups excluding carboxylic acids is 1. The van der Waals surface area contributed by atoms with E-state index < -0.39 is 6.43 Å². The molecule has 0 saturated heterocycles. The second kappa shape index (κ2) is 3.92. The van der Waals surface area contributed by atoms with Crippen LogP contribution in [-0.2, 0) is 4.79 Å². The van der Waals surface area contributed by atoms with Crippen molar-refractivity contribution in [1.29, 1.82) is 0 Å².